The molecule has 0 spiro atoms. The molecule has 3 aromatic rings. The van der Waals surface area contributed by atoms with Crippen molar-refractivity contribution < 1.29 is 19.8 Å². The minimum atomic E-state index is -0.336. The van der Waals surface area contributed by atoms with Gasteiger partial charge in [-0.25, -0.2) is 0 Å². The summed E-state index contributed by atoms with van der Waals surface area (Å²) in [4.78, 5) is 22.8. The van der Waals surface area contributed by atoms with E-state index in [1.54, 1.807) is 12.1 Å². The first-order valence-electron chi connectivity index (χ1n) is 11.6. The van der Waals surface area contributed by atoms with E-state index in [-0.39, 0.29) is 33.5 Å². The summed E-state index contributed by atoms with van der Waals surface area (Å²) in [6, 6.07) is 14.2. The number of aromatic hydroxyl groups is 2. The first-order chi connectivity index (χ1) is 16.8. The van der Waals surface area contributed by atoms with E-state index in [1.807, 2.05) is 77.9 Å². The molecule has 3 rings (SSSR count). The molecule has 0 unspecified atom stereocenters. The van der Waals surface area contributed by atoms with Gasteiger partial charge in [0.05, 0.1) is 11.1 Å². The summed E-state index contributed by atoms with van der Waals surface area (Å²) >= 11 is 0. The summed E-state index contributed by atoms with van der Waals surface area (Å²) in [5.74, 6) is 12.3. The fraction of sp³-hybridized carbons (Fsp3) is 0.250. The molecule has 4 heteroatoms. The Morgan fingerprint density at radius 1 is 0.556 bits per heavy atom. The average molecular weight is 479 g/mol. The second-order valence-corrected chi connectivity index (χ2v) is 10.7. The molecule has 0 heterocycles. The second kappa shape index (κ2) is 10.1. The molecule has 36 heavy (non-hydrogen) atoms. The van der Waals surface area contributed by atoms with Crippen LogP contribution in [0, 0.1) is 23.7 Å². The van der Waals surface area contributed by atoms with Crippen molar-refractivity contribution in [1.29, 1.82) is 0 Å². The highest BCUT2D eigenvalue weighted by Gasteiger charge is 2.22. The summed E-state index contributed by atoms with van der Waals surface area (Å²) in [7, 11) is 0. The molecule has 4 nitrogen and oxygen atoms in total. The zero-order chi connectivity index (χ0) is 26.7. The summed E-state index contributed by atoms with van der Waals surface area (Å²) in [6.07, 6.45) is 1.28. The zero-order valence-corrected chi connectivity index (χ0v) is 21.5. The van der Waals surface area contributed by atoms with E-state index in [2.05, 4.69) is 23.7 Å². The molecular formula is C32H30O4. The van der Waals surface area contributed by atoms with Crippen molar-refractivity contribution >= 4 is 12.6 Å². The fourth-order valence-electron chi connectivity index (χ4n) is 3.71. The van der Waals surface area contributed by atoms with Crippen LogP contribution in [0.4, 0.5) is 0 Å². The molecule has 0 aliphatic heterocycles. The molecule has 0 amide bonds. The van der Waals surface area contributed by atoms with Crippen molar-refractivity contribution in [3.05, 3.63) is 93.0 Å². The SMILES string of the molecule is CC(C)(C)c1cc(C#Cc2ccc(C#Cc3cc(C=O)c(O)c(C(C)(C)C)c3)cc2)cc(C=O)c1O. The molecule has 0 saturated heterocycles. The normalized spacial score (nSPS) is 11.1. The number of benzene rings is 3. The Labute approximate surface area is 213 Å². The molecule has 0 fully saturated rings. The smallest absolute Gasteiger partial charge is 0.153 e. The Balaban J connectivity index is 1.89. The largest absolute Gasteiger partial charge is 0.507 e. The van der Waals surface area contributed by atoms with Gasteiger partial charge in [0, 0.05) is 33.4 Å². The van der Waals surface area contributed by atoms with Crippen LogP contribution in [0.25, 0.3) is 0 Å². The van der Waals surface area contributed by atoms with Gasteiger partial charge >= 0.3 is 0 Å². The Morgan fingerprint density at radius 2 is 0.861 bits per heavy atom. The molecule has 2 N–H and O–H groups in total. The Hall–Kier alpha value is -4.28. The molecule has 3 aromatic carbocycles. The van der Waals surface area contributed by atoms with E-state index >= 15 is 0 Å². The number of rotatable bonds is 2. The molecule has 0 saturated carbocycles. The molecule has 0 aliphatic rings. The van der Waals surface area contributed by atoms with Crippen molar-refractivity contribution in [1.82, 2.24) is 0 Å². The lowest BCUT2D eigenvalue weighted by molar-refractivity contribution is 0.111. The molecule has 182 valence electrons. The molecule has 0 atom stereocenters. The van der Waals surface area contributed by atoms with Crippen LogP contribution in [0.1, 0.15) is 95.6 Å². The lowest BCUT2D eigenvalue weighted by Crippen LogP contribution is -2.12. The van der Waals surface area contributed by atoms with E-state index in [1.165, 1.54) is 0 Å². The monoisotopic (exact) mass is 478 g/mol. The number of carbonyl (C=O) groups excluding carboxylic acids is 2. The van der Waals surface area contributed by atoms with Gasteiger partial charge in [0.15, 0.2) is 12.6 Å². The Morgan fingerprint density at radius 3 is 1.14 bits per heavy atom. The predicted octanol–water partition coefficient (Wildman–Crippen LogP) is 6.12. The van der Waals surface area contributed by atoms with Crippen molar-refractivity contribution in [2.75, 3.05) is 0 Å². The zero-order valence-electron chi connectivity index (χ0n) is 21.5. The first-order valence-corrected chi connectivity index (χ1v) is 11.6. The quantitative estimate of drug-likeness (QED) is 0.344. The van der Waals surface area contributed by atoms with E-state index in [0.29, 0.717) is 34.8 Å². The lowest BCUT2D eigenvalue weighted by atomic mass is 9.84. The highest BCUT2D eigenvalue weighted by atomic mass is 16.3. The third-order valence-electron chi connectivity index (χ3n) is 5.74. The van der Waals surface area contributed by atoms with Crippen LogP contribution < -0.4 is 0 Å². The Bertz CT molecular complexity index is 1330. The minimum absolute atomic E-state index is 0.00510. The first kappa shape index (κ1) is 26.3. The summed E-state index contributed by atoms with van der Waals surface area (Å²) in [5, 5.41) is 20.7. The van der Waals surface area contributed by atoms with Crippen LogP contribution in [0.15, 0.2) is 48.5 Å². The van der Waals surface area contributed by atoms with E-state index in [0.717, 1.165) is 11.1 Å². The number of phenols is 2. The van der Waals surface area contributed by atoms with Crippen molar-refractivity contribution in [2.45, 2.75) is 52.4 Å². The van der Waals surface area contributed by atoms with Gasteiger partial charge in [-0.15, -0.1) is 0 Å². The summed E-state index contributed by atoms with van der Waals surface area (Å²) in [5.41, 5.74) is 3.97. The van der Waals surface area contributed by atoms with Gasteiger partial charge in [-0.1, -0.05) is 65.2 Å². The van der Waals surface area contributed by atoms with Crippen LogP contribution in [0.2, 0.25) is 0 Å². The maximum Gasteiger partial charge on any atom is 0.153 e. The third kappa shape index (κ3) is 6.04. The number of aldehydes is 2. The molecule has 0 aromatic heterocycles. The van der Waals surface area contributed by atoms with Gasteiger partial charge in [-0.2, -0.15) is 0 Å². The standard InChI is InChI=1S/C32H30O4/c1-31(2,3)27-17-23(15-25(19-33)29(27)35)13-11-21-7-9-22(10-8-21)12-14-24-16-26(20-34)30(36)28(18-24)32(4,5)6/h7-10,15-20,35-36H,1-6H3. The maximum atomic E-state index is 11.4. The topological polar surface area (TPSA) is 74.6 Å². The van der Waals surface area contributed by atoms with E-state index in [4.69, 9.17) is 0 Å². The number of hydrogen-bond acceptors (Lipinski definition) is 4. The van der Waals surface area contributed by atoms with Crippen molar-refractivity contribution in [2.24, 2.45) is 0 Å². The predicted molar refractivity (Wildman–Crippen MR) is 143 cm³/mol. The highest BCUT2D eigenvalue weighted by Crippen LogP contribution is 2.34. The summed E-state index contributed by atoms with van der Waals surface area (Å²) in [6.45, 7) is 11.8. The number of carbonyl (C=O) groups is 2. The summed E-state index contributed by atoms with van der Waals surface area (Å²) < 4.78 is 0. The van der Waals surface area contributed by atoms with E-state index < -0.39 is 0 Å². The molecule has 0 aliphatic carbocycles. The van der Waals surface area contributed by atoms with Crippen LogP contribution in [0.3, 0.4) is 0 Å². The number of phenolic OH excluding ortho intramolecular Hbond substituents is 2. The second-order valence-electron chi connectivity index (χ2n) is 10.7. The Kier molecular flexibility index (Phi) is 7.42. The van der Waals surface area contributed by atoms with Gasteiger partial charge in [0.25, 0.3) is 0 Å². The van der Waals surface area contributed by atoms with Crippen LogP contribution in [0.5, 0.6) is 11.5 Å². The molecular weight excluding hydrogens is 448 g/mol. The van der Waals surface area contributed by atoms with Crippen molar-refractivity contribution in [3.8, 4) is 35.2 Å². The van der Waals surface area contributed by atoms with Crippen molar-refractivity contribution in [3.63, 3.8) is 0 Å². The van der Waals surface area contributed by atoms with Gasteiger partial charge in [-0.05, 0) is 59.4 Å². The maximum absolute atomic E-state index is 11.4. The van der Waals surface area contributed by atoms with Gasteiger partial charge in [0.2, 0.25) is 0 Å². The van der Waals surface area contributed by atoms with Crippen LogP contribution >= 0.6 is 0 Å². The molecule has 0 bridgehead atoms. The lowest BCUT2D eigenvalue weighted by Gasteiger charge is -2.21. The van der Waals surface area contributed by atoms with Gasteiger partial charge in [-0.3, -0.25) is 9.59 Å². The van der Waals surface area contributed by atoms with Gasteiger partial charge in [0.1, 0.15) is 11.5 Å². The van der Waals surface area contributed by atoms with Crippen LogP contribution in [-0.4, -0.2) is 22.8 Å². The van der Waals surface area contributed by atoms with Gasteiger partial charge < -0.3 is 10.2 Å². The van der Waals surface area contributed by atoms with Crippen LogP contribution in [-0.2, 0) is 10.8 Å². The molecule has 0 radical (unpaired) electrons. The average Bonchev–Trinajstić information content (AvgIpc) is 2.81. The third-order valence-corrected chi connectivity index (χ3v) is 5.74. The fourth-order valence-corrected chi connectivity index (χ4v) is 3.71. The minimum Gasteiger partial charge on any atom is -0.507 e. The highest BCUT2D eigenvalue weighted by molar-refractivity contribution is 5.82. The van der Waals surface area contributed by atoms with E-state index in [9.17, 15) is 19.8 Å². The number of hydrogen-bond donors (Lipinski definition) is 2.